The van der Waals surface area contributed by atoms with Crippen molar-refractivity contribution >= 4 is 46.1 Å². The molecule has 1 heterocycles. The molecule has 4 aromatic carbocycles. The van der Waals surface area contributed by atoms with E-state index in [1.54, 1.807) is 30.3 Å². The first-order valence-electron chi connectivity index (χ1n) is 13.3. The van der Waals surface area contributed by atoms with Crippen LogP contribution in [-0.4, -0.2) is 21.5 Å². The normalized spacial score (nSPS) is 11.5. The quantitative estimate of drug-likeness (QED) is 0.146. The average Bonchev–Trinajstić information content (AvgIpc) is 2.95. The molecule has 0 aliphatic heterocycles. The molecule has 0 spiro atoms. The van der Waals surface area contributed by atoms with Crippen LogP contribution in [0, 0.1) is 5.82 Å². The zero-order valence-corrected chi connectivity index (χ0v) is 24.2. The van der Waals surface area contributed by atoms with Gasteiger partial charge in [-0.15, -0.1) is 0 Å². The molecule has 0 amide bonds. The third kappa shape index (κ3) is 7.50. The van der Waals surface area contributed by atoms with Crippen LogP contribution in [0.5, 0.6) is 5.75 Å². The second-order valence-corrected chi connectivity index (χ2v) is 11.0. The van der Waals surface area contributed by atoms with Gasteiger partial charge in [0.15, 0.2) is 0 Å². The number of hydrogen-bond donors (Lipinski definition) is 1. The van der Waals surface area contributed by atoms with Crippen LogP contribution >= 0.6 is 11.6 Å². The van der Waals surface area contributed by atoms with Crippen molar-refractivity contribution in [1.29, 1.82) is 0 Å². The van der Waals surface area contributed by atoms with Crippen molar-refractivity contribution in [1.82, 2.24) is 9.97 Å². The molecule has 5 rings (SSSR count). The summed E-state index contributed by atoms with van der Waals surface area (Å²) in [5.74, 6) is 0.425. The van der Waals surface area contributed by atoms with Gasteiger partial charge in [0.1, 0.15) is 35.9 Å². The maximum Gasteiger partial charge on any atom is 0.331 e. The molecule has 0 aliphatic carbocycles. The number of anilines is 2. The number of hydrogen-bond acceptors (Lipinski definition) is 6. The Labute approximate surface area is 248 Å². The lowest BCUT2D eigenvalue weighted by molar-refractivity contribution is -0.148. The van der Waals surface area contributed by atoms with Crippen molar-refractivity contribution in [3.63, 3.8) is 0 Å². The minimum Gasteiger partial charge on any atom is -0.487 e. The van der Waals surface area contributed by atoms with Crippen molar-refractivity contribution in [3.8, 4) is 16.9 Å². The highest BCUT2D eigenvalue weighted by Gasteiger charge is 2.14. The zero-order valence-electron chi connectivity index (χ0n) is 23.4. The van der Waals surface area contributed by atoms with Gasteiger partial charge in [-0.3, -0.25) is 0 Å². The van der Waals surface area contributed by atoms with Crippen LogP contribution in [0.4, 0.5) is 15.9 Å². The van der Waals surface area contributed by atoms with Crippen molar-refractivity contribution in [2.24, 2.45) is 0 Å². The number of nitrogens with one attached hydrogen (secondary N) is 1. The fraction of sp³-hybridized carbons (Fsp3) is 0.147. The third-order valence-corrected chi connectivity index (χ3v) is 6.47. The van der Waals surface area contributed by atoms with Gasteiger partial charge in [0.05, 0.1) is 10.5 Å². The van der Waals surface area contributed by atoms with Gasteiger partial charge in [-0.2, -0.15) is 0 Å². The molecule has 42 heavy (non-hydrogen) atoms. The Morgan fingerprint density at radius 3 is 2.48 bits per heavy atom. The maximum atomic E-state index is 13.5. The smallest absolute Gasteiger partial charge is 0.331 e. The number of aromatic nitrogens is 2. The van der Waals surface area contributed by atoms with E-state index in [2.05, 4.69) is 15.3 Å². The summed E-state index contributed by atoms with van der Waals surface area (Å²) in [7, 11) is 0. The Kier molecular flexibility index (Phi) is 8.50. The summed E-state index contributed by atoms with van der Waals surface area (Å²) in [6.45, 7) is 5.70. The molecule has 8 heteroatoms. The summed E-state index contributed by atoms with van der Waals surface area (Å²) in [5, 5.41) is 4.59. The van der Waals surface area contributed by atoms with E-state index < -0.39 is 5.60 Å². The molecular weight excluding hydrogens is 553 g/mol. The number of halogens is 2. The monoisotopic (exact) mass is 581 g/mol. The third-order valence-electron chi connectivity index (χ3n) is 6.18. The number of ether oxygens (including phenoxy) is 2. The van der Waals surface area contributed by atoms with Crippen LogP contribution in [0.2, 0.25) is 5.02 Å². The van der Waals surface area contributed by atoms with Crippen LogP contribution in [0.3, 0.4) is 0 Å². The van der Waals surface area contributed by atoms with Gasteiger partial charge in [-0.1, -0.05) is 54.1 Å². The van der Waals surface area contributed by atoms with Crippen LogP contribution in [0.15, 0.2) is 97.3 Å². The lowest BCUT2D eigenvalue weighted by Gasteiger charge is -2.17. The lowest BCUT2D eigenvalue weighted by atomic mass is 10.0. The van der Waals surface area contributed by atoms with E-state index in [9.17, 15) is 9.18 Å². The van der Waals surface area contributed by atoms with Gasteiger partial charge >= 0.3 is 5.97 Å². The lowest BCUT2D eigenvalue weighted by Crippen LogP contribution is -2.22. The summed E-state index contributed by atoms with van der Waals surface area (Å²) in [6.07, 6.45) is 4.67. The molecule has 0 fully saturated rings. The second kappa shape index (κ2) is 12.4. The second-order valence-electron chi connectivity index (χ2n) is 10.6. The number of benzene rings is 4. The highest BCUT2D eigenvalue weighted by molar-refractivity contribution is 6.32. The van der Waals surface area contributed by atoms with Gasteiger partial charge in [-0.05, 0) is 91.6 Å². The Bertz CT molecular complexity index is 1770. The molecule has 0 saturated carbocycles. The summed E-state index contributed by atoms with van der Waals surface area (Å²) in [6, 6.07) is 25.5. The van der Waals surface area contributed by atoms with E-state index in [4.69, 9.17) is 21.1 Å². The number of rotatable bonds is 8. The highest BCUT2D eigenvalue weighted by atomic mass is 35.5. The summed E-state index contributed by atoms with van der Waals surface area (Å²) in [5.41, 5.74) is 4.57. The fourth-order valence-electron chi connectivity index (χ4n) is 4.24. The van der Waals surface area contributed by atoms with Crippen LogP contribution in [0.1, 0.15) is 31.9 Å². The van der Waals surface area contributed by atoms with E-state index in [0.29, 0.717) is 22.2 Å². The summed E-state index contributed by atoms with van der Waals surface area (Å²) in [4.78, 5) is 20.9. The van der Waals surface area contributed by atoms with Crippen molar-refractivity contribution < 1.29 is 18.7 Å². The molecule has 0 aliphatic rings. The molecule has 0 atom stereocenters. The highest BCUT2D eigenvalue weighted by Crippen LogP contribution is 2.32. The SMILES string of the molecule is CC(C)(C)OC(=O)/C=C/c1ccc(-c2ccc3ncnc(Nc4ccc(OCc5cccc(F)c5)c(Cl)c4)c3c2)cc1. The standard InChI is InChI=1S/C34H29ClFN3O3/c1-34(2,3)42-32(40)16-9-22-7-10-24(11-8-22)25-12-14-30-28(18-25)33(38-21-37-30)39-27-13-15-31(29(35)19-27)41-20-23-5-4-6-26(36)17-23/h4-19,21H,20H2,1-3H3,(H,37,38,39)/b16-9+. The molecule has 212 valence electrons. The summed E-state index contributed by atoms with van der Waals surface area (Å²) >= 11 is 6.49. The van der Waals surface area contributed by atoms with Crippen molar-refractivity contribution in [2.75, 3.05) is 5.32 Å². The number of carbonyl (C=O) groups is 1. The molecule has 0 unspecified atom stereocenters. The molecule has 1 aromatic heterocycles. The van der Waals surface area contributed by atoms with Gasteiger partial charge in [0.2, 0.25) is 0 Å². The van der Waals surface area contributed by atoms with Gasteiger partial charge in [0, 0.05) is 17.1 Å². The Hall–Kier alpha value is -4.75. The molecule has 0 radical (unpaired) electrons. The van der Waals surface area contributed by atoms with Gasteiger partial charge in [0.25, 0.3) is 0 Å². The predicted octanol–water partition coefficient (Wildman–Crippen LogP) is 8.77. The van der Waals surface area contributed by atoms with E-state index in [-0.39, 0.29) is 18.4 Å². The average molecular weight is 582 g/mol. The van der Waals surface area contributed by atoms with Crippen molar-refractivity contribution in [2.45, 2.75) is 33.0 Å². The number of carbonyl (C=O) groups excluding carboxylic acids is 1. The van der Waals surface area contributed by atoms with E-state index in [1.807, 2.05) is 69.3 Å². The number of nitrogens with zero attached hydrogens (tertiary/aromatic N) is 2. The van der Waals surface area contributed by atoms with E-state index >= 15 is 0 Å². The predicted molar refractivity (Wildman–Crippen MR) is 165 cm³/mol. The Morgan fingerprint density at radius 2 is 1.74 bits per heavy atom. The summed E-state index contributed by atoms with van der Waals surface area (Å²) < 4.78 is 24.6. The first-order chi connectivity index (χ1) is 20.1. The molecule has 0 saturated heterocycles. The first-order valence-corrected chi connectivity index (χ1v) is 13.7. The molecule has 5 aromatic rings. The topological polar surface area (TPSA) is 73.3 Å². The number of fused-ring (bicyclic) bond motifs is 1. The number of esters is 1. The Morgan fingerprint density at radius 1 is 0.952 bits per heavy atom. The minimum absolute atomic E-state index is 0.199. The van der Waals surface area contributed by atoms with Crippen LogP contribution in [0.25, 0.3) is 28.1 Å². The van der Waals surface area contributed by atoms with E-state index in [1.165, 1.54) is 24.5 Å². The van der Waals surface area contributed by atoms with E-state index in [0.717, 1.165) is 33.3 Å². The maximum absolute atomic E-state index is 13.5. The largest absolute Gasteiger partial charge is 0.487 e. The minimum atomic E-state index is -0.533. The molecular formula is C34H29ClFN3O3. The molecule has 0 bridgehead atoms. The van der Waals surface area contributed by atoms with Crippen molar-refractivity contribution in [3.05, 3.63) is 119 Å². The first kappa shape index (κ1) is 28.8. The van der Waals surface area contributed by atoms with Gasteiger partial charge < -0.3 is 14.8 Å². The molecule has 1 N–H and O–H groups in total. The molecule has 6 nitrogen and oxygen atoms in total. The van der Waals surface area contributed by atoms with Crippen LogP contribution < -0.4 is 10.1 Å². The van der Waals surface area contributed by atoms with Gasteiger partial charge in [-0.25, -0.2) is 19.2 Å². The zero-order chi connectivity index (χ0) is 29.7. The fourth-order valence-corrected chi connectivity index (χ4v) is 4.48. The van der Waals surface area contributed by atoms with Crippen LogP contribution in [-0.2, 0) is 16.1 Å². The Balaban J connectivity index is 1.31.